The molecule has 2 amide bonds. The van der Waals surface area contributed by atoms with E-state index in [1.807, 2.05) is 0 Å². The molecule has 0 bridgehead atoms. The SMILES string of the molecule is CC(NC(=O)N1CCN(S(=O)(=O)c2cccnc2)CC1)c1ccccc1F. The van der Waals surface area contributed by atoms with Gasteiger partial charge in [0.1, 0.15) is 10.7 Å². The molecule has 1 saturated heterocycles. The first-order chi connectivity index (χ1) is 12.9. The van der Waals surface area contributed by atoms with Gasteiger partial charge in [-0.1, -0.05) is 18.2 Å². The molecule has 1 aromatic carbocycles. The van der Waals surface area contributed by atoms with E-state index in [0.29, 0.717) is 5.56 Å². The summed E-state index contributed by atoms with van der Waals surface area (Å²) in [6, 6.07) is 8.51. The van der Waals surface area contributed by atoms with E-state index in [4.69, 9.17) is 0 Å². The third kappa shape index (κ3) is 4.25. The van der Waals surface area contributed by atoms with Crippen LogP contribution in [0.25, 0.3) is 0 Å². The molecule has 1 fully saturated rings. The Labute approximate surface area is 157 Å². The van der Waals surface area contributed by atoms with Gasteiger partial charge in [0.05, 0.1) is 6.04 Å². The second kappa shape index (κ2) is 8.01. The number of carbonyl (C=O) groups excluding carboxylic acids is 1. The number of hydrogen-bond donors (Lipinski definition) is 1. The molecule has 1 atom stereocenters. The molecular weight excluding hydrogens is 371 g/mol. The fourth-order valence-corrected chi connectivity index (χ4v) is 4.35. The summed E-state index contributed by atoms with van der Waals surface area (Å²) in [5.41, 5.74) is 0.406. The highest BCUT2D eigenvalue weighted by Crippen LogP contribution is 2.18. The van der Waals surface area contributed by atoms with E-state index in [9.17, 15) is 17.6 Å². The minimum atomic E-state index is -3.62. The second-order valence-electron chi connectivity index (χ2n) is 6.27. The second-order valence-corrected chi connectivity index (χ2v) is 8.21. The molecule has 144 valence electrons. The molecule has 1 N–H and O–H groups in total. The van der Waals surface area contributed by atoms with Crippen LogP contribution >= 0.6 is 0 Å². The van der Waals surface area contributed by atoms with Crippen molar-refractivity contribution in [2.75, 3.05) is 26.2 Å². The predicted molar refractivity (Wildman–Crippen MR) is 97.9 cm³/mol. The Morgan fingerprint density at radius 2 is 1.85 bits per heavy atom. The average molecular weight is 392 g/mol. The summed E-state index contributed by atoms with van der Waals surface area (Å²) in [5.74, 6) is -0.377. The summed E-state index contributed by atoms with van der Waals surface area (Å²) in [6.07, 6.45) is 2.82. The summed E-state index contributed by atoms with van der Waals surface area (Å²) in [4.78, 5) is 17.9. The van der Waals surface area contributed by atoms with Crippen LogP contribution in [0, 0.1) is 5.82 Å². The molecule has 2 heterocycles. The number of nitrogens with zero attached hydrogens (tertiary/aromatic N) is 3. The van der Waals surface area contributed by atoms with Crippen LogP contribution in [-0.4, -0.2) is 54.8 Å². The molecule has 1 aliphatic rings. The number of hydrogen-bond acceptors (Lipinski definition) is 4. The number of sulfonamides is 1. The number of carbonyl (C=O) groups is 1. The van der Waals surface area contributed by atoms with Crippen LogP contribution in [0.5, 0.6) is 0 Å². The maximum absolute atomic E-state index is 13.8. The quantitative estimate of drug-likeness (QED) is 0.863. The number of amides is 2. The van der Waals surface area contributed by atoms with Gasteiger partial charge < -0.3 is 10.2 Å². The first kappa shape index (κ1) is 19.2. The fraction of sp³-hybridized carbons (Fsp3) is 0.333. The minimum Gasteiger partial charge on any atom is -0.331 e. The third-order valence-corrected chi connectivity index (χ3v) is 6.39. The van der Waals surface area contributed by atoms with Gasteiger partial charge in [-0.2, -0.15) is 4.31 Å². The molecule has 0 spiro atoms. The summed E-state index contributed by atoms with van der Waals surface area (Å²) >= 11 is 0. The van der Waals surface area contributed by atoms with Crippen molar-refractivity contribution in [3.63, 3.8) is 0 Å². The van der Waals surface area contributed by atoms with Gasteiger partial charge in [0.25, 0.3) is 0 Å². The van der Waals surface area contributed by atoms with E-state index < -0.39 is 16.1 Å². The number of piperazine rings is 1. The summed E-state index contributed by atoms with van der Waals surface area (Å²) in [7, 11) is -3.62. The van der Waals surface area contributed by atoms with Gasteiger partial charge in [-0.15, -0.1) is 0 Å². The van der Waals surface area contributed by atoms with Crippen molar-refractivity contribution < 1.29 is 17.6 Å². The van der Waals surface area contributed by atoms with E-state index in [1.54, 1.807) is 31.2 Å². The van der Waals surface area contributed by atoms with Crippen LogP contribution in [0.4, 0.5) is 9.18 Å². The van der Waals surface area contributed by atoms with Crippen LogP contribution in [0.15, 0.2) is 53.7 Å². The third-order valence-electron chi connectivity index (χ3n) is 4.51. The van der Waals surface area contributed by atoms with Crippen LogP contribution in [0.2, 0.25) is 0 Å². The smallest absolute Gasteiger partial charge is 0.317 e. The Balaban J connectivity index is 1.59. The lowest BCUT2D eigenvalue weighted by Crippen LogP contribution is -2.53. The fourth-order valence-electron chi connectivity index (χ4n) is 2.96. The number of benzene rings is 1. The standard InChI is InChI=1S/C18H21FN4O3S/c1-14(16-6-2-3-7-17(16)19)21-18(24)22-9-11-23(12-10-22)27(25,26)15-5-4-8-20-13-15/h2-8,13-14H,9-12H2,1H3,(H,21,24). The maximum Gasteiger partial charge on any atom is 0.317 e. The first-order valence-corrected chi connectivity index (χ1v) is 10.0. The van der Waals surface area contributed by atoms with Crippen LogP contribution in [-0.2, 0) is 10.0 Å². The number of urea groups is 1. The number of pyridine rings is 1. The Morgan fingerprint density at radius 3 is 2.48 bits per heavy atom. The molecular formula is C18H21FN4O3S. The van der Waals surface area contributed by atoms with Crippen molar-refractivity contribution in [3.8, 4) is 0 Å². The van der Waals surface area contributed by atoms with Crippen molar-refractivity contribution in [1.82, 2.24) is 19.5 Å². The summed E-state index contributed by atoms with van der Waals surface area (Å²) in [6.45, 7) is 2.61. The molecule has 3 rings (SSSR count). The number of nitrogens with one attached hydrogen (secondary N) is 1. The highest BCUT2D eigenvalue weighted by molar-refractivity contribution is 7.89. The van der Waals surface area contributed by atoms with Crippen molar-refractivity contribution in [2.45, 2.75) is 17.9 Å². The van der Waals surface area contributed by atoms with Crippen molar-refractivity contribution >= 4 is 16.1 Å². The van der Waals surface area contributed by atoms with E-state index in [2.05, 4.69) is 10.3 Å². The molecule has 1 unspecified atom stereocenters. The molecule has 27 heavy (non-hydrogen) atoms. The molecule has 0 radical (unpaired) electrons. The van der Waals surface area contributed by atoms with E-state index in [0.717, 1.165) is 0 Å². The zero-order chi connectivity index (χ0) is 19.4. The van der Waals surface area contributed by atoms with Crippen molar-refractivity contribution in [1.29, 1.82) is 0 Å². The predicted octanol–water partition coefficient (Wildman–Crippen LogP) is 2.00. The highest BCUT2D eigenvalue weighted by Gasteiger charge is 2.30. The number of aromatic nitrogens is 1. The highest BCUT2D eigenvalue weighted by atomic mass is 32.2. The Bertz CT molecular complexity index is 900. The molecule has 2 aromatic rings. The van der Waals surface area contributed by atoms with E-state index >= 15 is 0 Å². The molecule has 0 aliphatic carbocycles. The van der Waals surface area contributed by atoms with Gasteiger partial charge >= 0.3 is 6.03 Å². The van der Waals surface area contributed by atoms with Gasteiger partial charge in [0, 0.05) is 44.1 Å². The monoisotopic (exact) mass is 392 g/mol. The lowest BCUT2D eigenvalue weighted by atomic mass is 10.1. The summed E-state index contributed by atoms with van der Waals surface area (Å²) in [5, 5.41) is 2.76. The summed E-state index contributed by atoms with van der Waals surface area (Å²) < 4.78 is 40.4. The van der Waals surface area contributed by atoms with Crippen LogP contribution in [0.3, 0.4) is 0 Å². The lowest BCUT2D eigenvalue weighted by Gasteiger charge is -2.34. The van der Waals surface area contributed by atoms with E-state index in [1.165, 1.54) is 33.7 Å². The molecule has 9 heteroatoms. The zero-order valence-corrected chi connectivity index (χ0v) is 15.7. The van der Waals surface area contributed by atoms with Gasteiger partial charge in [-0.3, -0.25) is 4.98 Å². The zero-order valence-electron chi connectivity index (χ0n) is 14.9. The Kier molecular flexibility index (Phi) is 5.71. The lowest BCUT2D eigenvalue weighted by molar-refractivity contribution is 0.169. The van der Waals surface area contributed by atoms with Gasteiger partial charge in [-0.25, -0.2) is 17.6 Å². The van der Waals surface area contributed by atoms with Crippen molar-refractivity contribution in [2.24, 2.45) is 0 Å². The molecule has 7 nitrogen and oxygen atoms in total. The van der Waals surface area contributed by atoms with E-state index in [-0.39, 0.29) is 42.9 Å². The minimum absolute atomic E-state index is 0.135. The normalized spacial score (nSPS) is 16.7. The van der Waals surface area contributed by atoms with Gasteiger partial charge in [0.2, 0.25) is 10.0 Å². The average Bonchev–Trinajstić information content (AvgIpc) is 2.69. The number of halogens is 1. The Morgan fingerprint density at radius 1 is 1.15 bits per heavy atom. The van der Waals surface area contributed by atoms with Crippen LogP contribution in [0.1, 0.15) is 18.5 Å². The van der Waals surface area contributed by atoms with Crippen LogP contribution < -0.4 is 5.32 Å². The molecule has 1 aliphatic heterocycles. The molecule has 0 saturated carbocycles. The Hall–Kier alpha value is -2.52. The first-order valence-electron chi connectivity index (χ1n) is 8.59. The van der Waals surface area contributed by atoms with Gasteiger partial charge in [-0.05, 0) is 25.1 Å². The topological polar surface area (TPSA) is 82.6 Å². The largest absolute Gasteiger partial charge is 0.331 e. The number of rotatable bonds is 4. The van der Waals surface area contributed by atoms with Crippen molar-refractivity contribution in [3.05, 3.63) is 60.2 Å². The maximum atomic E-state index is 13.8. The van der Waals surface area contributed by atoms with Gasteiger partial charge in [0.15, 0.2) is 0 Å². The molecule has 1 aromatic heterocycles.